The summed E-state index contributed by atoms with van der Waals surface area (Å²) < 4.78 is 5.00. The molecule has 1 heterocycles. The van der Waals surface area contributed by atoms with Crippen molar-refractivity contribution in [2.75, 3.05) is 6.61 Å². The Morgan fingerprint density at radius 1 is 1.30 bits per heavy atom. The molecule has 23 heavy (non-hydrogen) atoms. The molecule has 1 aromatic heterocycles. The van der Waals surface area contributed by atoms with Crippen molar-refractivity contribution in [2.24, 2.45) is 0 Å². The number of ketones is 1. The lowest BCUT2D eigenvalue weighted by Gasteiger charge is -2.18. The fourth-order valence-electron chi connectivity index (χ4n) is 2.72. The topological polar surface area (TPSA) is 56.3 Å². The van der Waals surface area contributed by atoms with Gasteiger partial charge in [0.25, 0.3) is 0 Å². The minimum atomic E-state index is -0.348. The summed E-state index contributed by atoms with van der Waals surface area (Å²) in [4.78, 5) is 28.5. The number of allylic oxidation sites excluding steroid dienone is 1. The Morgan fingerprint density at radius 2 is 2.17 bits per heavy atom. The number of aromatic nitrogens is 1. The second-order valence-corrected chi connectivity index (χ2v) is 5.38. The van der Waals surface area contributed by atoms with Crippen LogP contribution in [-0.4, -0.2) is 23.3 Å². The number of hydrogen-bond acceptors (Lipinski definition) is 4. The summed E-state index contributed by atoms with van der Waals surface area (Å²) in [7, 11) is 0. The van der Waals surface area contributed by atoms with Crippen molar-refractivity contribution < 1.29 is 14.3 Å². The van der Waals surface area contributed by atoms with E-state index in [1.54, 1.807) is 37.5 Å². The molecule has 0 amide bonds. The second-order valence-electron chi connectivity index (χ2n) is 5.38. The summed E-state index contributed by atoms with van der Waals surface area (Å²) in [5, 5.41) is 0. The third-order valence-electron chi connectivity index (χ3n) is 3.84. The summed E-state index contributed by atoms with van der Waals surface area (Å²) in [5.74, 6) is -0.329. The minimum Gasteiger partial charge on any atom is -0.462 e. The van der Waals surface area contributed by atoms with Crippen molar-refractivity contribution in [3.63, 3.8) is 0 Å². The number of hydrogen-bond donors (Lipinski definition) is 0. The van der Waals surface area contributed by atoms with Crippen LogP contribution in [0.4, 0.5) is 0 Å². The molecular formula is C19H17NO3. The molecule has 2 aromatic rings. The van der Waals surface area contributed by atoms with E-state index in [2.05, 4.69) is 4.98 Å². The van der Waals surface area contributed by atoms with Crippen molar-refractivity contribution in [1.29, 1.82) is 0 Å². The van der Waals surface area contributed by atoms with E-state index in [9.17, 15) is 9.59 Å². The molecule has 0 saturated heterocycles. The van der Waals surface area contributed by atoms with Crippen molar-refractivity contribution >= 4 is 17.8 Å². The summed E-state index contributed by atoms with van der Waals surface area (Å²) in [6.45, 7) is 2.11. The Bertz CT molecular complexity index is 778. The highest BCUT2D eigenvalue weighted by Gasteiger charge is 2.23. The first kappa shape index (κ1) is 15.2. The van der Waals surface area contributed by atoms with Gasteiger partial charge < -0.3 is 4.74 Å². The predicted molar refractivity (Wildman–Crippen MR) is 87.3 cm³/mol. The zero-order valence-electron chi connectivity index (χ0n) is 12.9. The highest BCUT2D eigenvalue weighted by molar-refractivity contribution is 6.13. The number of carbonyl (C=O) groups excluding carboxylic acids is 2. The Kier molecular flexibility index (Phi) is 4.33. The van der Waals surface area contributed by atoms with Gasteiger partial charge in [0.05, 0.1) is 12.2 Å². The normalized spacial score (nSPS) is 15.3. The molecule has 0 bridgehead atoms. The van der Waals surface area contributed by atoms with E-state index in [-0.39, 0.29) is 11.8 Å². The molecule has 0 fully saturated rings. The van der Waals surface area contributed by atoms with E-state index >= 15 is 0 Å². The van der Waals surface area contributed by atoms with Crippen LogP contribution in [0.25, 0.3) is 6.08 Å². The van der Waals surface area contributed by atoms with Crippen LogP contribution in [0.15, 0.2) is 48.3 Å². The van der Waals surface area contributed by atoms with Gasteiger partial charge in [-0.15, -0.1) is 0 Å². The van der Waals surface area contributed by atoms with E-state index in [0.29, 0.717) is 24.2 Å². The standard InChI is InChI=1S/C19H17NO3/c1-2-23-19(22)16-7-8-17-14(11-16)5-6-15(18(17)21)10-13-4-3-9-20-12-13/h3-4,7-12H,2,5-6H2,1H3. The van der Waals surface area contributed by atoms with Crippen molar-refractivity contribution in [2.45, 2.75) is 19.8 Å². The molecule has 1 aromatic carbocycles. The molecule has 0 spiro atoms. The molecule has 0 unspecified atom stereocenters. The fourth-order valence-corrected chi connectivity index (χ4v) is 2.72. The lowest BCUT2D eigenvalue weighted by Crippen LogP contribution is -2.15. The van der Waals surface area contributed by atoms with E-state index in [1.807, 2.05) is 18.2 Å². The van der Waals surface area contributed by atoms with Gasteiger partial charge in [0.2, 0.25) is 0 Å². The SMILES string of the molecule is CCOC(=O)c1ccc2c(c1)CCC(=Cc1cccnc1)C2=O. The fraction of sp³-hybridized carbons (Fsp3) is 0.211. The van der Waals surface area contributed by atoms with Crippen LogP contribution in [0, 0.1) is 0 Å². The van der Waals surface area contributed by atoms with Crippen LogP contribution in [0.1, 0.15) is 45.2 Å². The van der Waals surface area contributed by atoms with Crippen LogP contribution >= 0.6 is 0 Å². The third-order valence-corrected chi connectivity index (χ3v) is 3.84. The molecule has 0 N–H and O–H groups in total. The summed E-state index contributed by atoms with van der Waals surface area (Å²) in [6.07, 6.45) is 6.72. The zero-order chi connectivity index (χ0) is 16.2. The van der Waals surface area contributed by atoms with Gasteiger partial charge in [-0.25, -0.2) is 4.79 Å². The van der Waals surface area contributed by atoms with Crippen molar-refractivity contribution in [3.05, 3.63) is 70.6 Å². The third kappa shape index (κ3) is 3.21. The molecule has 0 aliphatic heterocycles. The predicted octanol–water partition coefficient (Wildman–Crippen LogP) is 3.47. The Balaban J connectivity index is 1.89. The maximum Gasteiger partial charge on any atom is 0.338 e. The van der Waals surface area contributed by atoms with Gasteiger partial charge in [-0.05, 0) is 61.2 Å². The number of nitrogens with zero attached hydrogens (tertiary/aromatic N) is 1. The smallest absolute Gasteiger partial charge is 0.338 e. The molecule has 1 aliphatic carbocycles. The first-order valence-electron chi connectivity index (χ1n) is 7.64. The maximum atomic E-state index is 12.6. The average molecular weight is 307 g/mol. The Morgan fingerprint density at radius 3 is 2.91 bits per heavy atom. The lowest BCUT2D eigenvalue weighted by molar-refractivity contribution is 0.0526. The van der Waals surface area contributed by atoms with E-state index in [0.717, 1.165) is 23.1 Å². The van der Waals surface area contributed by atoms with Gasteiger partial charge in [-0.1, -0.05) is 6.07 Å². The number of pyridine rings is 1. The number of carbonyl (C=O) groups is 2. The van der Waals surface area contributed by atoms with Crippen LogP contribution in [0.3, 0.4) is 0 Å². The van der Waals surface area contributed by atoms with Crippen LogP contribution < -0.4 is 0 Å². The second kappa shape index (κ2) is 6.57. The van der Waals surface area contributed by atoms with Crippen molar-refractivity contribution in [1.82, 2.24) is 4.98 Å². The maximum absolute atomic E-state index is 12.6. The number of rotatable bonds is 3. The minimum absolute atomic E-state index is 0.0190. The molecule has 0 radical (unpaired) electrons. The molecule has 0 saturated carbocycles. The number of ether oxygens (including phenoxy) is 1. The van der Waals surface area contributed by atoms with Gasteiger partial charge in [-0.3, -0.25) is 9.78 Å². The van der Waals surface area contributed by atoms with Gasteiger partial charge >= 0.3 is 5.97 Å². The molecule has 4 nitrogen and oxygen atoms in total. The summed E-state index contributed by atoms with van der Waals surface area (Å²) >= 11 is 0. The largest absolute Gasteiger partial charge is 0.462 e. The zero-order valence-corrected chi connectivity index (χ0v) is 12.9. The molecule has 4 heteroatoms. The van der Waals surface area contributed by atoms with E-state index < -0.39 is 0 Å². The number of fused-ring (bicyclic) bond motifs is 1. The number of aryl methyl sites for hydroxylation is 1. The molecular weight excluding hydrogens is 290 g/mol. The molecule has 116 valence electrons. The Hall–Kier alpha value is -2.75. The molecule has 0 atom stereocenters. The lowest BCUT2D eigenvalue weighted by atomic mass is 9.85. The quantitative estimate of drug-likeness (QED) is 0.643. The highest BCUT2D eigenvalue weighted by Crippen LogP contribution is 2.27. The van der Waals surface area contributed by atoms with Gasteiger partial charge in [0, 0.05) is 23.5 Å². The van der Waals surface area contributed by atoms with Crippen molar-refractivity contribution in [3.8, 4) is 0 Å². The Labute approximate surface area is 134 Å². The summed E-state index contributed by atoms with van der Waals surface area (Å²) in [5.41, 5.74) is 3.76. The number of Topliss-reactive ketones (excluding diaryl/α,β-unsaturated/α-hetero) is 1. The van der Waals surface area contributed by atoms with Crippen LogP contribution in [0.5, 0.6) is 0 Å². The van der Waals surface area contributed by atoms with E-state index in [4.69, 9.17) is 4.74 Å². The number of esters is 1. The first-order valence-corrected chi connectivity index (χ1v) is 7.64. The average Bonchev–Trinajstić information content (AvgIpc) is 2.58. The van der Waals surface area contributed by atoms with E-state index in [1.165, 1.54) is 0 Å². The first-order chi connectivity index (χ1) is 11.2. The van der Waals surface area contributed by atoms with Gasteiger partial charge in [-0.2, -0.15) is 0 Å². The molecule has 3 rings (SSSR count). The van der Waals surface area contributed by atoms with Crippen LogP contribution in [0.2, 0.25) is 0 Å². The van der Waals surface area contributed by atoms with Crippen LogP contribution in [-0.2, 0) is 11.2 Å². The summed E-state index contributed by atoms with van der Waals surface area (Å²) in [6, 6.07) is 8.92. The molecule has 1 aliphatic rings. The highest BCUT2D eigenvalue weighted by atomic mass is 16.5. The number of benzene rings is 1. The van der Waals surface area contributed by atoms with Gasteiger partial charge in [0.15, 0.2) is 5.78 Å². The monoisotopic (exact) mass is 307 g/mol. The van der Waals surface area contributed by atoms with Gasteiger partial charge in [0.1, 0.15) is 0 Å².